The van der Waals surface area contributed by atoms with Gasteiger partial charge < -0.3 is 5.32 Å². The fourth-order valence-corrected chi connectivity index (χ4v) is 2.95. The first-order valence-electron chi connectivity index (χ1n) is 6.35. The minimum Gasteiger partial charge on any atom is -0.325 e. The van der Waals surface area contributed by atoms with E-state index in [0.29, 0.717) is 11.4 Å². The second kappa shape index (κ2) is 7.09. The lowest BCUT2D eigenvalue weighted by molar-refractivity contribution is -0.116. The van der Waals surface area contributed by atoms with Crippen LogP contribution in [0.1, 0.15) is 17.5 Å². The third kappa shape index (κ3) is 4.21. The predicted octanol–water partition coefficient (Wildman–Crippen LogP) is 4.82. The first-order valence-corrected chi connectivity index (χ1v) is 7.81. The molecule has 0 bridgehead atoms. The molecule has 0 spiro atoms. The molecule has 0 aliphatic heterocycles. The summed E-state index contributed by atoms with van der Waals surface area (Å²) in [4.78, 5) is 12.0. The Morgan fingerprint density at radius 3 is 2.70 bits per heavy atom. The van der Waals surface area contributed by atoms with E-state index in [1.54, 1.807) is 6.07 Å². The molecule has 0 atom stereocenters. The summed E-state index contributed by atoms with van der Waals surface area (Å²) in [5.41, 5.74) is 3.25. The number of amides is 1. The van der Waals surface area contributed by atoms with Crippen LogP contribution in [0.4, 0.5) is 5.69 Å². The van der Waals surface area contributed by atoms with Crippen LogP contribution in [-0.4, -0.2) is 5.91 Å². The van der Waals surface area contributed by atoms with Gasteiger partial charge in [0.2, 0.25) is 5.91 Å². The van der Waals surface area contributed by atoms with E-state index < -0.39 is 0 Å². The van der Waals surface area contributed by atoms with Gasteiger partial charge in [0.05, 0.1) is 5.69 Å². The number of rotatable bonds is 4. The Labute approximate surface area is 137 Å². The van der Waals surface area contributed by atoms with E-state index in [0.717, 1.165) is 15.7 Å². The first kappa shape index (κ1) is 15.3. The maximum absolute atomic E-state index is 12.0. The minimum absolute atomic E-state index is 0.0218. The highest BCUT2D eigenvalue weighted by molar-refractivity contribution is 14.1. The summed E-state index contributed by atoms with van der Waals surface area (Å²) >= 11 is 8.06. The molecule has 2 rings (SSSR count). The maximum atomic E-state index is 12.0. The number of hydrogen-bond donors (Lipinski definition) is 1. The maximum Gasteiger partial charge on any atom is 0.224 e. The molecule has 0 radical (unpaired) electrons. The van der Waals surface area contributed by atoms with E-state index in [1.165, 1.54) is 11.1 Å². The molecule has 1 amide bonds. The third-order valence-electron chi connectivity index (χ3n) is 3.09. The van der Waals surface area contributed by atoms with Crippen molar-refractivity contribution in [2.45, 2.75) is 19.8 Å². The topological polar surface area (TPSA) is 29.1 Å². The molecular weight excluding hydrogens is 385 g/mol. The van der Waals surface area contributed by atoms with Gasteiger partial charge in [-0.1, -0.05) is 35.9 Å². The van der Waals surface area contributed by atoms with E-state index in [1.807, 2.05) is 24.3 Å². The zero-order valence-corrected chi connectivity index (χ0v) is 14.0. The van der Waals surface area contributed by atoms with Crippen LogP contribution in [0.3, 0.4) is 0 Å². The zero-order valence-electron chi connectivity index (χ0n) is 11.1. The smallest absolute Gasteiger partial charge is 0.224 e. The van der Waals surface area contributed by atoms with Crippen molar-refractivity contribution in [3.63, 3.8) is 0 Å². The summed E-state index contributed by atoms with van der Waals surface area (Å²) in [7, 11) is 0. The van der Waals surface area contributed by atoms with Crippen LogP contribution >= 0.6 is 34.2 Å². The van der Waals surface area contributed by atoms with Crippen molar-refractivity contribution in [2.75, 3.05) is 5.32 Å². The Kier molecular flexibility index (Phi) is 5.43. The molecule has 0 saturated carbocycles. The molecule has 0 aromatic heterocycles. The van der Waals surface area contributed by atoms with Crippen LogP contribution < -0.4 is 5.32 Å². The van der Waals surface area contributed by atoms with Crippen LogP contribution in [0.5, 0.6) is 0 Å². The molecule has 2 nitrogen and oxygen atoms in total. The van der Waals surface area contributed by atoms with Crippen molar-refractivity contribution in [1.82, 2.24) is 0 Å². The van der Waals surface area contributed by atoms with Crippen LogP contribution in [0.15, 0.2) is 42.5 Å². The molecule has 2 aromatic carbocycles. The molecule has 0 unspecified atom stereocenters. The van der Waals surface area contributed by atoms with Crippen molar-refractivity contribution < 1.29 is 4.79 Å². The SMILES string of the molecule is Cc1ccccc1CCC(=O)Nc1ccc(Cl)cc1I. The lowest BCUT2D eigenvalue weighted by atomic mass is 10.0. The molecule has 0 heterocycles. The second-order valence-corrected chi connectivity index (χ2v) is 6.20. The van der Waals surface area contributed by atoms with E-state index in [9.17, 15) is 4.79 Å². The fraction of sp³-hybridized carbons (Fsp3) is 0.188. The standard InChI is InChI=1S/C16H15ClINO/c1-11-4-2-3-5-12(11)6-9-16(20)19-15-8-7-13(17)10-14(15)18/h2-5,7-8,10H,6,9H2,1H3,(H,19,20). The summed E-state index contributed by atoms with van der Waals surface area (Å²) in [6, 6.07) is 13.6. The fourth-order valence-electron chi connectivity index (χ4n) is 1.94. The highest BCUT2D eigenvalue weighted by Gasteiger charge is 2.07. The number of aryl methyl sites for hydroxylation is 2. The van der Waals surface area contributed by atoms with Crippen LogP contribution in [-0.2, 0) is 11.2 Å². The Balaban J connectivity index is 1.94. The molecule has 20 heavy (non-hydrogen) atoms. The van der Waals surface area contributed by atoms with Gasteiger partial charge in [-0.15, -0.1) is 0 Å². The number of carbonyl (C=O) groups is 1. The Morgan fingerprint density at radius 1 is 1.25 bits per heavy atom. The van der Waals surface area contributed by atoms with Gasteiger partial charge in [-0.3, -0.25) is 4.79 Å². The van der Waals surface area contributed by atoms with Crippen molar-refractivity contribution >= 4 is 45.8 Å². The monoisotopic (exact) mass is 399 g/mol. The predicted molar refractivity (Wildman–Crippen MR) is 92.3 cm³/mol. The largest absolute Gasteiger partial charge is 0.325 e. The quantitative estimate of drug-likeness (QED) is 0.734. The molecule has 0 saturated heterocycles. The van der Waals surface area contributed by atoms with E-state index in [4.69, 9.17) is 11.6 Å². The molecule has 0 fully saturated rings. The molecule has 4 heteroatoms. The van der Waals surface area contributed by atoms with Crippen molar-refractivity contribution in [1.29, 1.82) is 0 Å². The van der Waals surface area contributed by atoms with Gasteiger partial charge in [0, 0.05) is 15.0 Å². The number of carbonyl (C=O) groups excluding carboxylic acids is 1. The Bertz CT molecular complexity index is 628. The van der Waals surface area contributed by atoms with Gasteiger partial charge >= 0.3 is 0 Å². The zero-order chi connectivity index (χ0) is 14.5. The second-order valence-electron chi connectivity index (χ2n) is 4.60. The van der Waals surface area contributed by atoms with Crippen LogP contribution in [0, 0.1) is 10.5 Å². The molecule has 1 N–H and O–H groups in total. The first-order chi connectivity index (χ1) is 9.56. The summed E-state index contributed by atoms with van der Waals surface area (Å²) in [6.45, 7) is 2.06. The average molecular weight is 400 g/mol. The Hall–Kier alpha value is -1.07. The van der Waals surface area contributed by atoms with E-state index >= 15 is 0 Å². The number of anilines is 1. The molecule has 0 aliphatic rings. The lowest BCUT2D eigenvalue weighted by Crippen LogP contribution is -2.13. The normalized spacial score (nSPS) is 10.3. The summed E-state index contributed by atoms with van der Waals surface area (Å²) in [5, 5.41) is 3.60. The lowest BCUT2D eigenvalue weighted by Gasteiger charge is -2.09. The van der Waals surface area contributed by atoms with Gasteiger partial charge in [-0.05, 0) is 65.3 Å². The number of nitrogens with one attached hydrogen (secondary N) is 1. The van der Waals surface area contributed by atoms with Gasteiger partial charge in [-0.2, -0.15) is 0 Å². The summed E-state index contributed by atoms with van der Waals surface area (Å²) < 4.78 is 0.944. The van der Waals surface area contributed by atoms with Gasteiger partial charge in [0.25, 0.3) is 0 Å². The van der Waals surface area contributed by atoms with E-state index in [2.05, 4.69) is 47.0 Å². The molecule has 2 aromatic rings. The minimum atomic E-state index is 0.0218. The van der Waals surface area contributed by atoms with Crippen LogP contribution in [0.25, 0.3) is 0 Å². The van der Waals surface area contributed by atoms with Crippen molar-refractivity contribution in [3.05, 3.63) is 62.2 Å². The van der Waals surface area contributed by atoms with E-state index in [-0.39, 0.29) is 5.91 Å². The average Bonchev–Trinajstić information content (AvgIpc) is 2.41. The van der Waals surface area contributed by atoms with Crippen LogP contribution in [0.2, 0.25) is 5.02 Å². The number of hydrogen-bond acceptors (Lipinski definition) is 1. The molecular formula is C16H15ClINO. The number of benzene rings is 2. The molecule has 0 aliphatic carbocycles. The van der Waals surface area contributed by atoms with Crippen molar-refractivity contribution in [3.8, 4) is 0 Å². The summed E-state index contributed by atoms with van der Waals surface area (Å²) in [6.07, 6.45) is 1.23. The highest BCUT2D eigenvalue weighted by Crippen LogP contribution is 2.22. The Morgan fingerprint density at radius 2 is 2.00 bits per heavy atom. The molecule has 104 valence electrons. The highest BCUT2D eigenvalue weighted by atomic mass is 127. The van der Waals surface area contributed by atoms with Gasteiger partial charge in [0.1, 0.15) is 0 Å². The van der Waals surface area contributed by atoms with Gasteiger partial charge in [-0.25, -0.2) is 0 Å². The summed E-state index contributed by atoms with van der Waals surface area (Å²) in [5.74, 6) is 0.0218. The third-order valence-corrected chi connectivity index (χ3v) is 4.22. The number of halogens is 2. The van der Waals surface area contributed by atoms with Crippen molar-refractivity contribution in [2.24, 2.45) is 0 Å². The van der Waals surface area contributed by atoms with Gasteiger partial charge in [0.15, 0.2) is 0 Å².